The molecule has 0 spiro atoms. The number of aryl methyl sites for hydroxylation is 2. The Kier molecular flexibility index (Phi) is 3.98. The number of benzene rings is 1. The molecule has 1 amide bonds. The van der Waals surface area contributed by atoms with E-state index in [0.29, 0.717) is 5.88 Å². The summed E-state index contributed by atoms with van der Waals surface area (Å²) < 4.78 is 5.00. The van der Waals surface area contributed by atoms with Crippen molar-refractivity contribution >= 4 is 11.8 Å². The number of fused-ring (bicyclic) bond motifs is 1. The van der Waals surface area contributed by atoms with E-state index in [1.807, 2.05) is 6.92 Å². The molecule has 0 saturated heterocycles. The van der Waals surface area contributed by atoms with Gasteiger partial charge < -0.3 is 4.52 Å². The summed E-state index contributed by atoms with van der Waals surface area (Å²) in [6, 6.07) is 10.2. The number of carbonyl (C=O) groups excluding carboxylic acids is 1. The summed E-state index contributed by atoms with van der Waals surface area (Å²) >= 11 is 0. The highest BCUT2D eigenvalue weighted by atomic mass is 16.5. The third kappa shape index (κ3) is 3.04. The van der Waals surface area contributed by atoms with Crippen molar-refractivity contribution in [2.75, 3.05) is 11.9 Å². The normalized spacial score (nSPS) is 20.5. The van der Waals surface area contributed by atoms with Gasteiger partial charge in [0.25, 0.3) is 0 Å². The third-order valence-corrected chi connectivity index (χ3v) is 4.26. The maximum atomic E-state index is 12.1. The Morgan fingerprint density at radius 1 is 1.41 bits per heavy atom. The largest absolute Gasteiger partial charge is 0.338 e. The summed E-state index contributed by atoms with van der Waals surface area (Å²) in [6.45, 7) is 4.22. The predicted octanol–water partition coefficient (Wildman–Crippen LogP) is 2.76. The molecule has 1 aliphatic carbocycles. The van der Waals surface area contributed by atoms with E-state index >= 15 is 0 Å². The highest BCUT2D eigenvalue weighted by Crippen LogP contribution is 2.34. The van der Waals surface area contributed by atoms with Crippen LogP contribution in [0.3, 0.4) is 0 Å². The van der Waals surface area contributed by atoms with Crippen molar-refractivity contribution in [2.45, 2.75) is 38.6 Å². The van der Waals surface area contributed by atoms with Crippen molar-refractivity contribution in [3.63, 3.8) is 0 Å². The fourth-order valence-electron chi connectivity index (χ4n) is 3.11. The van der Waals surface area contributed by atoms with Gasteiger partial charge in [0, 0.05) is 11.6 Å². The Balaban J connectivity index is 1.65. The average molecular weight is 299 g/mol. The molecule has 5 nitrogen and oxygen atoms in total. The van der Waals surface area contributed by atoms with Crippen molar-refractivity contribution in [1.82, 2.24) is 10.5 Å². The summed E-state index contributed by atoms with van der Waals surface area (Å²) in [5.41, 5.74) is 3.25. The minimum absolute atomic E-state index is 0.125. The van der Waals surface area contributed by atoms with E-state index in [2.05, 4.69) is 47.0 Å². The van der Waals surface area contributed by atoms with E-state index in [0.717, 1.165) is 25.0 Å². The minimum Gasteiger partial charge on any atom is -0.338 e. The standard InChI is InChI=1S/C17H21N3O2/c1-12-10-16(22-20-12)19-15(21)11-18-17(2)9-5-7-13-6-3-4-8-14(13)17/h3-4,6,8,10,18H,5,7,9,11H2,1-2H3,(H,19,21). The Bertz CT molecular complexity index is 680. The number of carbonyl (C=O) groups is 1. The first kappa shape index (κ1) is 14.8. The molecule has 2 aromatic rings. The first-order valence-electron chi connectivity index (χ1n) is 7.63. The summed E-state index contributed by atoms with van der Waals surface area (Å²) in [5, 5.41) is 9.87. The van der Waals surface area contributed by atoms with Crippen LogP contribution in [-0.2, 0) is 16.8 Å². The number of hydrogen-bond acceptors (Lipinski definition) is 4. The first-order valence-corrected chi connectivity index (χ1v) is 7.63. The smallest absolute Gasteiger partial charge is 0.240 e. The lowest BCUT2D eigenvalue weighted by Crippen LogP contribution is -2.45. The van der Waals surface area contributed by atoms with Crippen molar-refractivity contribution in [3.05, 3.63) is 47.2 Å². The molecular weight excluding hydrogens is 278 g/mol. The molecule has 0 fully saturated rings. The van der Waals surface area contributed by atoms with Crippen LogP contribution in [0.2, 0.25) is 0 Å². The minimum atomic E-state index is -0.163. The number of anilines is 1. The van der Waals surface area contributed by atoms with Crippen LogP contribution in [0.4, 0.5) is 5.88 Å². The third-order valence-electron chi connectivity index (χ3n) is 4.26. The molecule has 22 heavy (non-hydrogen) atoms. The van der Waals surface area contributed by atoms with E-state index in [1.54, 1.807) is 6.07 Å². The molecule has 1 atom stereocenters. The van der Waals surface area contributed by atoms with Crippen LogP contribution in [0.25, 0.3) is 0 Å². The molecule has 1 aliphatic rings. The van der Waals surface area contributed by atoms with E-state index < -0.39 is 0 Å². The lowest BCUT2D eigenvalue weighted by atomic mass is 9.78. The highest BCUT2D eigenvalue weighted by molar-refractivity contribution is 5.91. The van der Waals surface area contributed by atoms with Gasteiger partial charge in [0.15, 0.2) is 0 Å². The zero-order chi connectivity index (χ0) is 15.6. The van der Waals surface area contributed by atoms with E-state index in [-0.39, 0.29) is 18.0 Å². The fourth-order valence-corrected chi connectivity index (χ4v) is 3.11. The van der Waals surface area contributed by atoms with Crippen molar-refractivity contribution in [3.8, 4) is 0 Å². The first-order chi connectivity index (χ1) is 10.6. The van der Waals surface area contributed by atoms with Gasteiger partial charge in [-0.05, 0) is 44.2 Å². The second-order valence-electron chi connectivity index (χ2n) is 6.08. The summed E-state index contributed by atoms with van der Waals surface area (Å²) in [6.07, 6.45) is 3.26. The summed E-state index contributed by atoms with van der Waals surface area (Å²) in [5.74, 6) is 0.263. The lowest BCUT2D eigenvalue weighted by molar-refractivity contribution is -0.115. The molecule has 0 saturated carbocycles. The molecule has 0 aliphatic heterocycles. The number of amides is 1. The number of aromatic nitrogens is 1. The summed E-state index contributed by atoms with van der Waals surface area (Å²) in [7, 11) is 0. The molecule has 116 valence electrons. The molecule has 1 unspecified atom stereocenters. The number of nitrogens with one attached hydrogen (secondary N) is 2. The Labute approximate surface area is 130 Å². The topological polar surface area (TPSA) is 67.2 Å². The van der Waals surface area contributed by atoms with Crippen LogP contribution in [0.5, 0.6) is 0 Å². The van der Waals surface area contributed by atoms with Gasteiger partial charge in [0.05, 0.1) is 12.2 Å². The van der Waals surface area contributed by atoms with Crippen LogP contribution < -0.4 is 10.6 Å². The van der Waals surface area contributed by atoms with Gasteiger partial charge in [-0.25, -0.2) is 0 Å². The van der Waals surface area contributed by atoms with Gasteiger partial charge in [0.1, 0.15) is 0 Å². The van der Waals surface area contributed by atoms with E-state index in [1.165, 1.54) is 11.1 Å². The van der Waals surface area contributed by atoms with Crippen molar-refractivity contribution in [1.29, 1.82) is 0 Å². The van der Waals surface area contributed by atoms with Gasteiger partial charge in [-0.15, -0.1) is 0 Å². The van der Waals surface area contributed by atoms with Crippen LogP contribution in [0.15, 0.2) is 34.9 Å². The quantitative estimate of drug-likeness (QED) is 0.911. The monoisotopic (exact) mass is 299 g/mol. The van der Waals surface area contributed by atoms with E-state index in [4.69, 9.17) is 4.52 Å². The van der Waals surface area contributed by atoms with Crippen LogP contribution >= 0.6 is 0 Å². The molecular formula is C17H21N3O2. The predicted molar refractivity (Wildman–Crippen MR) is 84.6 cm³/mol. The van der Waals surface area contributed by atoms with E-state index in [9.17, 15) is 4.79 Å². The van der Waals surface area contributed by atoms with Gasteiger partial charge >= 0.3 is 0 Å². The zero-order valence-electron chi connectivity index (χ0n) is 13.0. The zero-order valence-corrected chi connectivity index (χ0v) is 13.0. The molecule has 2 N–H and O–H groups in total. The second-order valence-corrected chi connectivity index (χ2v) is 6.08. The SMILES string of the molecule is Cc1cc(NC(=O)CNC2(C)CCCc3ccccc32)on1. The van der Waals surface area contributed by atoms with Gasteiger partial charge in [-0.1, -0.05) is 29.4 Å². The second kappa shape index (κ2) is 5.93. The number of nitrogens with zero attached hydrogens (tertiary/aromatic N) is 1. The van der Waals surface area contributed by atoms with Crippen LogP contribution in [0, 0.1) is 6.92 Å². The Hall–Kier alpha value is -2.14. The van der Waals surface area contributed by atoms with Crippen molar-refractivity contribution < 1.29 is 9.32 Å². The Morgan fingerprint density at radius 3 is 3.00 bits per heavy atom. The molecule has 3 rings (SSSR count). The molecule has 1 aromatic carbocycles. The molecule has 1 aromatic heterocycles. The molecule has 0 radical (unpaired) electrons. The van der Waals surface area contributed by atoms with Crippen LogP contribution in [-0.4, -0.2) is 17.6 Å². The van der Waals surface area contributed by atoms with Crippen molar-refractivity contribution in [2.24, 2.45) is 0 Å². The fraction of sp³-hybridized carbons (Fsp3) is 0.412. The van der Waals surface area contributed by atoms with Gasteiger partial charge in [-0.3, -0.25) is 15.4 Å². The number of rotatable bonds is 4. The maximum Gasteiger partial charge on any atom is 0.240 e. The van der Waals surface area contributed by atoms with Gasteiger partial charge in [-0.2, -0.15) is 0 Å². The summed E-state index contributed by atoms with van der Waals surface area (Å²) in [4.78, 5) is 12.1. The Morgan fingerprint density at radius 2 is 2.23 bits per heavy atom. The molecule has 5 heteroatoms. The van der Waals surface area contributed by atoms with Gasteiger partial charge in [0.2, 0.25) is 11.8 Å². The maximum absolute atomic E-state index is 12.1. The van der Waals surface area contributed by atoms with Crippen LogP contribution in [0.1, 0.15) is 36.6 Å². The highest BCUT2D eigenvalue weighted by Gasteiger charge is 2.31. The number of hydrogen-bond donors (Lipinski definition) is 2. The average Bonchev–Trinajstić information content (AvgIpc) is 2.91. The molecule has 0 bridgehead atoms. The molecule has 1 heterocycles. The lowest BCUT2D eigenvalue weighted by Gasteiger charge is -2.37.